The Morgan fingerprint density at radius 1 is 0.480 bits per heavy atom. The molecule has 3 saturated carbocycles. The summed E-state index contributed by atoms with van der Waals surface area (Å²) in [4.78, 5) is 3.61. The smallest absolute Gasteiger partial charge is 0.140 e. The molecule has 0 atom stereocenters. The van der Waals surface area contributed by atoms with Gasteiger partial charge in [-0.05, 0) is 38.5 Å². The van der Waals surface area contributed by atoms with Gasteiger partial charge in [0.2, 0.25) is 0 Å². The largest absolute Gasteiger partial charge is 0.403 e. The molecular weight excluding hydrogens is 324 g/mol. The second-order valence-electron chi connectivity index (χ2n) is 8.44. The average Bonchev–Trinajstić information content (AvgIpc) is 2.68. The van der Waals surface area contributed by atoms with E-state index in [0.717, 1.165) is 10.4 Å². The van der Waals surface area contributed by atoms with E-state index in [1.165, 1.54) is 108 Å². The maximum Gasteiger partial charge on any atom is 0.140 e. The van der Waals surface area contributed by atoms with Crippen LogP contribution in [0.1, 0.15) is 96.3 Å². The Balaban J connectivity index is 1.67. The normalized spacial score (nSPS) is 23.8. The van der Waals surface area contributed by atoms with Gasteiger partial charge in [-0.25, -0.2) is 0 Å². The van der Waals surface area contributed by atoms with E-state index < -0.39 is 0 Å². The van der Waals surface area contributed by atoms with Crippen molar-refractivity contribution in [1.82, 2.24) is 20.9 Å². The molecule has 3 fully saturated rings. The zero-order valence-corrected chi connectivity index (χ0v) is 18.3. The first kappa shape index (κ1) is 18.9. The molecular formula is C20H40N4Si. The summed E-state index contributed by atoms with van der Waals surface area (Å²) in [5.74, 6) is 2.54. The first-order valence-electron chi connectivity index (χ1n) is 11.1. The van der Waals surface area contributed by atoms with Crippen LogP contribution in [-0.4, -0.2) is 28.5 Å². The Bertz CT molecular complexity index is 386. The molecule has 3 aliphatic carbocycles. The van der Waals surface area contributed by atoms with Crippen molar-refractivity contribution in [2.45, 2.75) is 114 Å². The molecule has 0 heterocycles. The van der Waals surface area contributed by atoms with Gasteiger partial charge in [-0.2, -0.15) is 0 Å². The lowest BCUT2D eigenvalue weighted by Gasteiger charge is -2.33. The number of nitrogens with one attached hydrogen (secondary N) is 4. The van der Waals surface area contributed by atoms with Crippen LogP contribution < -0.4 is 20.9 Å². The zero-order valence-electron chi connectivity index (χ0n) is 16.3. The molecule has 4 nitrogen and oxygen atoms in total. The van der Waals surface area contributed by atoms with Gasteiger partial charge < -0.3 is 20.9 Å². The molecule has 25 heavy (non-hydrogen) atoms. The van der Waals surface area contributed by atoms with E-state index in [0.29, 0.717) is 18.1 Å². The zero-order chi connectivity index (χ0) is 17.3. The van der Waals surface area contributed by atoms with Crippen LogP contribution in [0.15, 0.2) is 11.6 Å². The van der Waals surface area contributed by atoms with Gasteiger partial charge in [0.25, 0.3) is 0 Å². The van der Waals surface area contributed by atoms with Crippen LogP contribution in [0.25, 0.3) is 0 Å². The molecule has 5 heteroatoms. The molecule has 0 amide bonds. The first-order chi connectivity index (χ1) is 12.3. The van der Waals surface area contributed by atoms with Crippen LogP contribution in [0.3, 0.4) is 0 Å². The van der Waals surface area contributed by atoms with Crippen molar-refractivity contribution < 1.29 is 0 Å². The van der Waals surface area contributed by atoms with Crippen molar-refractivity contribution in [3.63, 3.8) is 0 Å². The summed E-state index contributed by atoms with van der Waals surface area (Å²) >= 11 is 0. The molecule has 0 radical (unpaired) electrons. The van der Waals surface area contributed by atoms with E-state index in [9.17, 15) is 0 Å². The molecule has 0 spiro atoms. The van der Waals surface area contributed by atoms with E-state index in [4.69, 9.17) is 0 Å². The monoisotopic (exact) mass is 364 g/mol. The van der Waals surface area contributed by atoms with Crippen LogP contribution in [0.4, 0.5) is 0 Å². The fourth-order valence-corrected chi connectivity index (χ4v) is 5.20. The van der Waals surface area contributed by atoms with E-state index in [-0.39, 0.29) is 0 Å². The number of rotatable bonds is 7. The van der Waals surface area contributed by atoms with Gasteiger partial charge in [-0.15, -0.1) is 0 Å². The molecule has 0 aromatic heterocycles. The van der Waals surface area contributed by atoms with Gasteiger partial charge in [0, 0.05) is 18.1 Å². The highest BCUT2D eigenvalue weighted by atomic mass is 28.2. The molecule has 0 saturated heterocycles. The summed E-state index contributed by atoms with van der Waals surface area (Å²) in [5, 5.41) is 11.7. The second kappa shape index (κ2) is 10.3. The second-order valence-corrected chi connectivity index (χ2v) is 8.94. The predicted octanol–water partition coefficient (Wildman–Crippen LogP) is 2.75. The van der Waals surface area contributed by atoms with Gasteiger partial charge in [0.1, 0.15) is 22.0 Å². The maximum atomic E-state index is 3.91. The van der Waals surface area contributed by atoms with Crippen molar-refractivity contribution in [3.05, 3.63) is 11.6 Å². The molecule has 4 N–H and O–H groups in total. The van der Waals surface area contributed by atoms with Crippen molar-refractivity contribution >= 4 is 10.4 Å². The fourth-order valence-electron chi connectivity index (χ4n) is 4.81. The molecule has 3 aliphatic rings. The minimum Gasteiger partial charge on any atom is -0.403 e. The van der Waals surface area contributed by atoms with Gasteiger partial charge in [0.15, 0.2) is 0 Å². The SMILES string of the molecule is [SiH3]NC(NC1CCCCC1)=C(NC1CCCCC1)NC1CCCCC1. The third-order valence-corrected chi connectivity index (χ3v) is 6.86. The maximum absolute atomic E-state index is 3.91. The highest BCUT2D eigenvalue weighted by Crippen LogP contribution is 2.22. The molecule has 3 rings (SSSR count). The van der Waals surface area contributed by atoms with E-state index in [1.807, 2.05) is 0 Å². The minimum absolute atomic E-state index is 0.651. The van der Waals surface area contributed by atoms with E-state index >= 15 is 0 Å². The molecule has 0 aromatic rings. The third-order valence-electron chi connectivity index (χ3n) is 6.36. The van der Waals surface area contributed by atoms with Crippen LogP contribution in [0, 0.1) is 0 Å². The van der Waals surface area contributed by atoms with Crippen LogP contribution in [0.5, 0.6) is 0 Å². The molecule has 0 bridgehead atoms. The standard InChI is InChI=1S/C20H40N4Si/c25-24-20(23-18-14-8-3-9-15-18)19(21-16-10-4-1-5-11-16)22-17-12-6-2-7-13-17/h16-18,21-24H,1-15H2,25H3. The summed E-state index contributed by atoms with van der Waals surface area (Å²) < 4.78 is 0. The van der Waals surface area contributed by atoms with Crippen molar-refractivity contribution in [2.24, 2.45) is 0 Å². The summed E-state index contributed by atoms with van der Waals surface area (Å²) in [6.07, 6.45) is 20.5. The predicted molar refractivity (Wildman–Crippen MR) is 110 cm³/mol. The summed E-state index contributed by atoms with van der Waals surface area (Å²) in [5.41, 5.74) is 0. The van der Waals surface area contributed by atoms with Crippen LogP contribution >= 0.6 is 0 Å². The first-order valence-corrected chi connectivity index (χ1v) is 12.1. The van der Waals surface area contributed by atoms with Crippen LogP contribution in [0.2, 0.25) is 0 Å². The lowest BCUT2D eigenvalue weighted by molar-refractivity contribution is 0.344. The van der Waals surface area contributed by atoms with Gasteiger partial charge >= 0.3 is 0 Å². The van der Waals surface area contributed by atoms with Crippen molar-refractivity contribution in [3.8, 4) is 0 Å². The van der Waals surface area contributed by atoms with E-state index in [1.54, 1.807) is 0 Å². The number of hydrogen-bond donors (Lipinski definition) is 4. The summed E-state index contributed by atoms with van der Waals surface area (Å²) in [6.45, 7) is 0. The Morgan fingerprint density at radius 3 is 1.12 bits per heavy atom. The molecule has 0 unspecified atom stereocenters. The summed E-state index contributed by atoms with van der Waals surface area (Å²) in [7, 11) is 0.987. The summed E-state index contributed by atoms with van der Waals surface area (Å²) in [6, 6.07) is 1.96. The Kier molecular flexibility index (Phi) is 7.83. The lowest BCUT2D eigenvalue weighted by Crippen LogP contribution is -2.47. The van der Waals surface area contributed by atoms with E-state index in [2.05, 4.69) is 20.9 Å². The number of hydrogen-bond acceptors (Lipinski definition) is 4. The highest BCUT2D eigenvalue weighted by molar-refractivity contribution is 6.05. The van der Waals surface area contributed by atoms with Gasteiger partial charge in [0.05, 0.1) is 0 Å². The Morgan fingerprint density at radius 2 is 0.800 bits per heavy atom. The average molecular weight is 365 g/mol. The van der Waals surface area contributed by atoms with Gasteiger partial charge in [-0.3, -0.25) is 0 Å². The quantitative estimate of drug-likeness (QED) is 0.525. The highest BCUT2D eigenvalue weighted by Gasteiger charge is 2.22. The lowest BCUT2D eigenvalue weighted by atomic mass is 9.94. The van der Waals surface area contributed by atoms with Crippen molar-refractivity contribution in [1.29, 1.82) is 0 Å². The Hall–Kier alpha value is -0.843. The molecule has 144 valence electrons. The minimum atomic E-state index is 0.651. The molecule has 0 aliphatic heterocycles. The fraction of sp³-hybridized carbons (Fsp3) is 0.900. The van der Waals surface area contributed by atoms with Crippen LogP contribution in [-0.2, 0) is 0 Å². The topological polar surface area (TPSA) is 48.1 Å². The Labute approximate surface area is 157 Å². The third kappa shape index (κ3) is 6.12. The van der Waals surface area contributed by atoms with Crippen molar-refractivity contribution in [2.75, 3.05) is 0 Å². The van der Waals surface area contributed by atoms with Gasteiger partial charge in [-0.1, -0.05) is 57.8 Å². The molecule has 0 aromatic carbocycles.